The molecule has 0 radical (unpaired) electrons. The minimum atomic E-state index is -0.796. The van der Waals surface area contributed by atoms with Crippen molar-refractivity contribution in [2.45, 2.75) is 13.0 Å². The van der Waals surface area contributed by atoms with Crippen LogP contribution in [0, 0.1) is 6.92 Å². The molecule has 0 spiro atoms. The first-order chi connectivity index (χ1) is 14.0. The predicted molar refractivity (Wildman–Crippen MR) is 113 cm³/mol. The molecule has 2 heterocycles. The maximum atomic E-state index is 13.3. The molecule has 1 N–H and O–H groups in total. The van der Waals surface area contributed by atoms with Crippen LogP contribution < -0.4 is 9.64 Å². The van der Waals surface area contributed by atoms with Crippen molar-refractivity contribution in [1.29, 1.82) is 0 Å². The van der Waals surface area contributed by atoms with Gasteiger partial charge in [-0.2, -0.15) is 0 Å². The number of methoxy groups -OCH3 is 1. The van der Waals surface area contributed by atoms with Gasteiger partial charge in [-0.25, -0.2) is 0 Å². The van der Waals surface area contributed by atoms with E-state index in [4.69, 9.17) is 4.74 Å². The van der Waals surface area contributed by atoms with Crippen molar-refractivity contribution < 1.29 is 19.4 Å². The molecule has 6 heteroatoms. The van der Waals surface area contributed by atoms with Gasteiger partial charge in [0.15, 0.2) is 5.76 Å². The van der Waals surface area contributed by atoms with Gasteiger partial charge in [-0.1, -0.05) is 36.4 Å². The fourth-order valence-corrected chi connectivity index (χ4v) is 4.29. The maximum absolute atomic E-state index is 13.3. The first-order valence-electron chi connectivity index (χ1n) is 9.07. The van der Waals surface area contributed by atoms with Gasteiger partial charge in [0.2, 0.25) is 5.78 Å². The van der Waals surface area contributed by atoms with E-state index in [1.165, 1.54) is 23.3 Å². The molecule has 1 atom stereocenters. The molecule has 0 saturated carbocycles. The summed E-state index contributed by atoms with van der Waals surface area (Å²) in [6, 6.07) is 17.3. The van der Waals surface area contributed by atoms with Gasteiger partial charge in [0, 0.05) is 11.3 Å². The van der Waals surface area contributed by atoms with Gasteiger partial charge < -0.3 is 9.84 Å². The van der Waals surface area contributed by atoms with E-state index in [9.17, 15) is 14.7 Å². The average molecular weight is 405 g/mol. The molecule has 1 unspecified atom stereocenters. The minimum absolute atomic E-state index is 0.0588. The van der Waals surface area contributed by atoms with Crippen molar-refractivity contribution in [2.75, 3.05) is 12.0 Å². The topological polar surface area (TPSA) is 66.8 Å². The lowest BCUT2D eigenvalue weighted by Crippen LogP contribution is -2.31. The van der Waals surface area contributed by atoms with Gasteiger partial charge >= 0.3 is 0 Å². The summed E-state index contributed by atoms with van der Waals surface area (Å²) in [5.41, 5.74) is 2.26. The number of aliphatic hydroxyl groups excluding tert-OH is 1. The van der Waals surface area contributed by atoms with Crippen LogP contribution in [0.15, 0.2) is 77.4 Å². The highest BCUT2D eigenvalue weighted by Gasteiger charge is 2.45. The lowest BCUT2D eigenvalue weighted by atomic mass is 9.94. The Labute approximate surface area is 172 Å². The largest absolute Gasteiger partial charge is 0.503 e. The Morgan fingerprint density at radius 2 is 1.90 bits per heavy atom. The van der Waals surface area contributed by atoms with Crippen LogP contribution in [0.1, 0.15) is 26.8 Å². The fourth-order valence-electron chi connectivity index (χ4n) is 3.61. The Hall–Kier alpha value is -3.38. The average Bonchev–Trinajstić information content (AvgIpc) is 3.35. The number of ether oxygens (including phenoxy) is 1. The number of anilines is 1. The molecule has 146 valence electrons. The SMILES string of the molecule is COc1ccccc1C1C(C(=O)c2cccs2)=C(O)C(=O)N1c1cccc(C)c1. The number of hydrogen-bond donors (Lipinski definition) is 1. The number of para-hydroxylation sites is 1. The van der Waals surface area contributed by atoms with Crippen LogP contribution in [-0.4, -0.2) is 23.9 Å². The van der Waals surface area contributed by atoms with Gasteiger partial charge in [-0.15, -0.1) is 11.3 Å². The lowest BCUT2D eigenvalue weighted by molar-refractivity contribution is -0.117. The molecule has 1 aromatic heterocycles. The van der Waals surface area contributed by atoms with Crippen LogP contribution in [0.4, 0.5) is 5.69 Å². The third kappa shape index (κ3) is 3.21. The summed E-state index contributed by atoms with van der Waals surface area (Å²) in [5.74, 6) is -0.960. The molecular formula is C23H19NO4S. The van der Waals surface area contributed by atoms with Crippen LogP contribution in [0.2, 0.25) is 0 Å². The zero-order valence-corrected chi connectivity index (χ0v) is 16.8. The van der Waals surface area contributed by atoms with Crippen LogP contribution in [0.5, 0.6) is 5.75 Å². The van der Waals surface area contributed by atoms with Crippen LogP contribution in [-0.2, 0) is 4.79 Å². The lowest BCUT2D eigenvalue weighted by Gasteiger charge is -2.28. The summed E-state index contributed by atoms with van der Waals surface area (Å²) in [4.78, 5) is 28.3. The Bertz CT molecular complexity index is 1120. The molecule has 29 heavy (non-hydrogen) atoms. The second-order valence-corrected chi connectivity index (χ2v) is 7.68. The molecule has 1 amide bonds. The first kappa shape index (κ1) is 19.0. The summed E-state index contributed by atoms with van der Waals surface area (Å²) in [6.45, 7) is 1.92. The van der Waals surface area contributed by atoms with Gasteiger partial charge in [0.05, 0.1) is 23.6 Å². The van der Waals surface area contributed by atoms with E-state index in [1.54, 1.807) is 35.7 Å². The normalized spacial score (nSPS) is 16.4. The van der Waals surface area contributed by atoms with Crippen molar-refractivity contribution in [1.82, 2.24) is 0 Å². The zero-order valence-electron chi connectivity index (χ0n) is 16.0. The number of rotatable bonds is 5. The number of amides is 1. The molecular weight excluding hydrogens is 386 g/mol. The highest BCUT2D eigenvalue weighted by Crippen LogP contribution is 2.44. The molecule has 1 aliphatic rings. The summed E-state index contributed by atoms with van der Waals surface area (Å²) in [7, 11) is 1.54. The fraction of sp³-hybridized carbons (Fsp3) is 0.130. The number of hydrogen-bond acceptors (Lipinski definition) is 5. The van der Waals surface area contributed by atoms with E-state index < -0.39 is 17.7 Å². The molecule has 0 saturated heterocycles. The Balaban J connectivity index is 1.93. The molecule has 1 aliphatic heterocycles. The Morgan fingerprint density at radius 3 is 2.59 bits per heavy atom. The first-order valence-corrected chi connectivity index (χ1v) is 9.95. The summed E-state index contributed by atoms with van der Waals surface area (Å²) >= 11 is 1.27. The molecule has 5 nitrogen and oxygen atoms in total. The van der Waals surface area contributed by atoms with Crippen molar-refractivity contribution in [3.63, 3.8) is 0 Å². The van der Waals surface area contributed by atoms with E-state index >= 15 is 0 Å². The van der Waals surface area contributed by atoms with Crippen molar-refractivity contribution in [3.05, 3.63) is 93.4 Å². The number of aliphatic hydroxyl groups is 1. The highest BCUT2D eigenvalue weighted by atomic mass is 32.1. The number of carbonyl (C=O) groups excluding carboxylic acids is 2. The number of benzene rings is 2. The van der Waals surface area contributed by atoms with Gasteiger partial charge in [-0.05, 0) is 42.1 Å². The molecule has 0 aliphatic carbocycles. The zero-order chi connectivity index (χ0) is 20.5. The number of carbonyl (C=O) groups is 2. The number of thiophene rings is 1. The van der Waals surface area contributed by atoms with Crippen LogP contribution in [0.3, 0.4) is 0 Å². The third-order valence-electron chi connectivity index (χ3n) is 4.91. The van der Waals surface area contributed by atoms with E-state index in [1.807, 2.05) is 37.3 Å². The summed E-state index contributed by atoms with van der Waals surface area (Å²) in [5, 5.41) is 12.5. The minimum Gasteiger partial charge on any atom is -0.503 e. The van der Waals surface area contributed by atoms with Gasteiger partial charge in [-0.3, -0.25) is 14.5 Å². The standard InChI is InChI=1S/C23H19NO4S/c1-14-7-5-8-15(13-14)24-20(16-9-3-4-10-17(16)28-2)19(22(26)23(24)27)21(25)18-11-6-12-29-18/h3-13,20,26H,1-2H3. The molecule has 3 aromatic rings. The van der Waals surface area contributed by atoms with Crippen molar-refractivity contribution in [3.8, 4) is 5.75 Å². The van der Waals surface area contributed by atoms with Crippen molar-refractivity contribution in [2.24, 2.45) is 0 Å². The molecule has 4 rings (SSSR count). The number of Topliss-reactive ketones (excluding diaryl/α,β-unsaturated/α-hetero) is 1. The smallest absolute Gasteiger partial charge is 0.294 e. The van der Waals surface area contributed by atoms with E-state index in [-0.39, 0.29) is 11.4 Å². The quantitative estimate of drug-likeness (QED) is 0.617. The maximum Gasteiger partial charge on any atom is 0.294 e. The van der Waals surface area contributed by atoms with Crippen LogP contribution in [0.25, 0.3) is 0 Å². The van der Waals surface area contributed by atoms with Gasteiger partial charge in [0.1, 0.15) is 5.75 Å². The number of nitrogens with zero attached hydrogens (tertiary/aromatic N) is 1. The van der Waals surface area contributed by atoms with Crippen molar-refractivity contribution >= 4 is 28.7 Å². The van der Waals surface area contributed by atoms with E-state index in [2.05, 4.69) is 0 Å². The highest BCUT2D eigenvalue weighted by molar-refractivity contribution is 7.12. The monoisotopic (exact) mass is 405 g/mol. The number of aryl methyl sites for hydroxylation is 1. The Morgan fingerprint density at radius 1 is 1.10 bits per heavy atom. The van der Waals surface area contributed by atoms with Gasteiger partial charge in [0.25, 0.3) is 5.91 Å². The Kier molecular flexibility index (Phi) is 4.94. The van der Waals surface area contributed by atoms with E-state index in [0.717, 1.165) is 5.56 Å². The summed E-state index contributed by atoms with van der Waals surface area (Å²) < 4.78 is 5.50. The molecule has 0 fully saturated rings. The molecule has 0 bridgehead atoms. The second-order valence-electron chi connectivity index (χ2n) is 6.73. The van der Waals surface area contributed by atoms with E-state index in [0.29, 0.717) is 21.9 Å². The molecule has 2 aromatic carbocycles. The second kappa shape index (κ2) is 7.56. The number of ketones is 1. The van der Waals surface area contributed by atoms with Crippen LogP contribution >= 0.6 is 11.3 Å². The summed E-state index contributed by atoms with van der Waals surface area (Å²) in [6.07, 6.45) is 0. The third-order valence-corrected chi connectivity index (χ3v) is 5.78. The predicted octanol–water partition coefficient (Wildman–Crippen LogP) is 4.85.